The van der Waals surface area contributed by atoms with Gasteiger partial charge in [-0.2, -0.15) is 0 Å². The van der Waals surface area contributed by atoms with Crippen molar-refractivity contribution in [2.75, 3.05) is 33.4 Å². The van der Waals surface area contributed by atoms with Crippen LogP contribution in [0.3, 0.4) is 0 Å². The zero-order valence-corrected chi connectivity index (χ0v) is 18.0. The van der Waals surface area contributed by atoms with E-state index in [-0.39, 0.29) is 12.4 Å². The number of methoxy groups -OCH3 is 1. The second-order valence-electron chi connectivity index (χ2n) is 7.99. The molecule has 5 nitrogen and oxygen atoms in total. The number of aliphatic hydroxyl groups excluding tert-OH is 1. The molecule has 164 valence electrons. The lowest BCUT2D eigenvalue weighted by molar-refractivity contribution is 0.0608. The Labute approximate surface area is 178 Å². The molecule has 1 aliphatic rings. The van der Waals surface area contributed by atoms with Crippen LogP contribution in [-0.4, -0.2) is 49.5 Å². The van der Waals surface area contributed by atoms with Crippen LogP contribution in [-0.2, 0) is 13.1 Å². The van der Waals surface area contributed by atoms with Gasteiger partial charge in [0.05, 0.1) is 7.11 Å². The number of likely N-dealkylation sites (tertiary alicyclic amines) is 1. The summed E-state index contributed by atoms with van der Waals surface area (Å²) >= 11 is 0. The Bertz CT molecular complexity index is 809. The third-order valence-electron chi connectivity index (χ3n) is 5.53. The van der Waals surface area contributed by atoms with Gasteiger partial charge in [-0.25, -0.2) is 4.39 Å². The van der Waals surface area contributed by atoms with Gasteiger partial charge in [0.1, 0.15) is 18.5 Å². The molecular weight excluding hydrogens is 383 g/mol. The number of aliphatic hydroxyl groups is 1. The summed E-state index contributed by atoms with van der Waals surface area (Å²) in [4.78, 5) is 2.30. The molecule has 0 radical (unpaired) electrons. The molecule has 2 N–H and O–H groups in total. The van der Waals surface area contributed by atoms with E-state index in [2.05, 4.69) is 10.2 Å². The fourth-order valence-electron chi connectivity index (χ4n) is 3.79. The lowest BCUT2D eigenvalue weighted by atomic mass is 10.1. The Morgan fingerprint density at radius 3 is 2.63 bits per heavy atom. The van der Waals surface area contributed by atoms with E-state index in [0.717, 1.165) is 29.8 Å². The van der Waals surface area contributed by atoms with E-state index in [1.54, 1.807) is 19.2 Å². The van der Waals surface area contributed by atoms with E-state index >= 15 is 0 Å². The molecule has 1 aliphatic heterocycles. The van der Waals surface area contributed by atoms with Crippen molar-refractivity contribution in [3.05, 3.63) is 58.9 Å². The number of piperidine rings is 1. The summed E-state index contributed by atoms with van der Waals surface area (Å²) in [6.45, 7) is 6.14. The van der Waals surface area contributed by atoms with E-state index in [1.807, 2.05) is 25.1 Å². The lowest BCUT2D eigenvalue weighted by Gasteiger charge is -2.28. The standard InChI is InChI=1S/C24H33FN2O3/c1-18-6-8-21(25)13-20(18)15-26-14-19-7-9-23(29-2)24(12-19)30-17-22(28)16-27-10-4-3-5-11-27/h6-9,12-13,22,26,28H,3-5,10-11,14-17H2,1-2H3/t22-/m1/s1. The van der Waals surface area contributed by atoms with Gasteiger partial charge in [0.25, 0.3) is 0 Å². The van der Waals surface area contributed by atoms with Crippen molar-refractivity contribution in [2.24, 2.45) is 0 Å². The first kappa shape index (κ1) is 22.5. The van der Waals surface area contributed by atoms with Gasteiger partial charge in [-0.15, -0.1) is 0 Å². The highest BCUT2D eigenvalue weighted by Crippen LogP contribution is 2.28. The number of nitrogens with zero attached hydrogens (tertiary/aromatic N) is 1. The number of β-amino-alcohol motifs (C(OH)–C–C–N with tert-alkyl or cyclic N) is 1. The number of benzene rings is 2. The molecule has 2 aromatic rings. The molecule has 0 bridgehead atoms. The van der Waals surface area contributed by atoms with Gasteiger partial charge in [0.2, 0.25) is 0 Å². The number of rotatable bonds is 10. The monoisotopic (exact) mass is 416 g/mol. The van der Waals surface area contributed by atoms with E-state index in [9.17, 15) is 9.50 Å². The highest BCUT2D eigenvalue weighted by molar-refractivity contribution is 5.43. The third-order valence-corrected chi connectivity index (χ3v) is 5.53. The maximum absolute atomic E-state index is 13.5. The normalized spacial score (nSPS) is 15.7. The Balaban J connectivity index is 1.53. The molecule has 30 heavy (non-hydrogen) atoms. The van der Waals surface area contributed by atoms with Gasteiger partial charge < -0.3 is 24.8 Å². The molecule has 1 heterocycles. The number of hydrogen-bond acceptors (Lipinski definition) is 5. The van der Waals surface area contributed by atoms with Crippen molar-refractivity contribution in [1.82, 2.24) is 10.2 Å². The quantitative estimate of drug-likeness (QED) is 0.619. The zero-order chi connectivity index (χ0) is 21.3. The summed E-state index contributed by atoms with van der Waals surface area (Å²) in [6.07, 6.45) is 3.14. The van der Waals surface area contributed by atoms with E-state index in [4.69, 9.17) is 9.47 Å². The number of ether oxygens (including phenoxy) is 2. The molecule has 1 saturated heterocycles. The van der Waals surface area contributed by atoms with Gasteiger partial charge in [-0.05, 0) is 73.8 Å². The first-order valence-corrected chi connectivity index (χ1v) is 10.7. The molecule has 0 aromatic heterocycles. The minimum Gasteiger partial charge on any atom is -0.493 e. The van der Waals surface area contributed by atoms with Crippen LogP contribution in [0.1, 0.15) is 36.0 Å². The van der Waals surface area contributed by atoms with Crippen LogP contribution in [0.2, 0.25) is 0 Å². The van der Waals surface area contributed by atoms with E-state index in [1.165, 1.54) is 25.3 Å². The van der Waals surface area contributed by atoms with Crippen LogP contribution in [0.15, 0.2) is 36.4 Å². The second-order valence-corrected chi connectivity index (χ2v) is 7.99. The fourth-order valence-corrected chi connectivity index (χ4v) is 3.79. The van der Waals surface area contributed by atoms with Crippen LogP contribution < -0.4 is 14.8 Å². The number of aryl methyl sites for hydroxylation is 1. The molecule has 0 aliphatic carbocycles. The topological polar surface area (TPSA) is 54.0 Å². The zero-order valence-electron chi connectivity index (χ0n) is 18.0. The molecule has 0 saturated carbocycles. The lowest BCUT2D eigenvalue weighted by Crippen LogP contribution is -2.38. The van der Waals surface area contributed by atoms with Crippen LogP contribution >= 0.6 is 0 Å². The van der Waals surface area contributed by atoms with Gasteiger partial charge in [0, 0.05) is 19.6 Å². The Hall–Kier alpha value is -2.15. The van der Waals surface area contributed by atoms with Crippen LogP contribution in [0.4, 0.5) is 4.39 Å². The van der Waals surface area contributed by atoms with Crippen molar-refractivity contribution < 1.29 is 19.0 Å². The molecule has 0 amide bonds. The van der Waals surface area contributed by atoms with Gasteiger partial charge >= 0.3 is 0 Å². The summed E-state index contributed by atoms with van der Waals surface area (Å²) in [5, 5.41) is 13.7. The Kier molecular flexibility index (Phi) is 8.49. The van der Waals surface area contributed by atoms with Gasteiger partial charge in [-0.3, -0.25) is 0 Å². The maximum Gasteiger partial charge on any atom is 0.161 e. The van der Waals surface area contributed by atoms with Crippen LogP contribution in [0.25, 0.3) is 0 Å². The van der Waals surface area contributed by atoms with E-state index in [0.29, 0.717) is 31.1 Å². The van der Waals surface area contributed by atoms with Crippen molar-refractivity contribution in [3.63, 3.8) is 0 Å². The minimum atomic E-state index is -0.537. The summed E-state index contributed by atoms with van der Waals surface area (Å²) < 4.78 is 24.7. The number of halogens is 1. The molecule has 2 aromatic carbocycles. The molecule has 1 fully saturated rings. The van der Waals surface area contributed by atoms with Crippen molar-refractivity contribution in [2.45, 2.75) is 45.4 Å². The molecular formula is C24H33FN2O3. The molecule has 0 unspecified atom stereocenters. The number of hydrogen-bond donors (Lipinski definition) is 2. The predicted octanol–water partition coefficient (Wildman–Crippen LogP) is 3.66. The summed E-state index contributed by atoms with van der Waals surface area (Å²) in [5.41, 5.74) is 3.04. The molecule has 0 spiro atoms. The van der Waals surface area contributed by atoms with Crippen molar-refractivity contribution >= 4 is 0 Å². The maximum atomic E-state index is 13.5. The Morgan fingerprint density at radius 1 is 1.07 bits per heavy atom. The highest BCUT2D eigenvalue weighted by Gasteiger charge is 2.16. The van der Waals surface area contributed by atoms with Crippen molar-refractivity contribution in [3.8, 4) is 11.5 Å². The fraction of sp³-hybridized carbons (Fsp3) is 0.500. The largest absolute Gasteiger partial charge is 0.493 e. The average Bonchev–Trinajstić information content (AvgIpc) is 2.75. The Morgan fingerprint density at radius 2 is 1.87 bits per heavy atom. The van der Waals surface area contributed by atoms with Crippen molar-refractivity contribution in [1.29, 1.82) is 0 Å². The first-order valence-electron chi connectivity index (χ1n) is 10.7. The van der Waals surface area contributed by atoms with Crippen LogP contribution in [0.5, 0.6) is 11.5 Å². The SMILES string of the molecule is COc1ccc(CNCc2cc(F)ccc2C)cc1OC[C@H](O)CN1CCCCC1. The summed E-state index contributed by atoms with van der Waals surface area (Å²) in [5.74, 6) is 1.04. The predicted molar refractivity (Wildman–Crippen MR) is 116 cm³/mol. The smallest absolute Gasteiger partial charge is 0.161 e. The average molecular weight is 417 g/mol. The summed E-state index contributed by atoms with van der Waals surface area (Å²) in [6, 6.07) is 10.6. The number of nitrogens with one attached hydrogen (secondary N) is 1. The molecule has 6 heteroatoms. The molecule has 3 rings (SSSR count). The first-order chi connectivity index (χ1) is 14.5. The van der Waals surface area contributed by atoms with Gasteiger partial charge in [-0.1, -0.05) is 18.6 Å². The second kappa shape index (κ2) is 11.3. The minimum absolute atomic E-state index is 0.222. The van der Waals surface area contributed by atoms with E-state index < -0.39 is 6.10 Å². The highest BCUT2D eigenvalue weighted by atomic mass is 19.1. The van der Waals surface area contributed by atoms with Crippen LogP contribution in [0, 0.1) is 12.7 Å². The third kappa shape index (κ3) is 6.69. The van der Waals surface area contributed by atoms with Gasteiger partial charge in [0.15, 0.2) is 11.5 Å². The summed E-state index contributed by atoms with van der Waals surface area (Å²) in [7, 11) is 1.61. The molecule has 1 atom stereocenters.